The fraction of sp³-hybridized carbons (Fsp3) is 1.00. The van der Waals surface area contributed by atoms with Crippen LogP contribution in [0.3, 0.4) is 0 Å². The molecule has 21 heavy (non-hydrogen) atoms. The highest BCUT2D eigenvalue weighted by molar-refractivity contribution is 6.18. The molecule has 1 atom stereocenters. The van der Waals surface area contributed by atoms with Crippen molar-refractivity contribution in [1.82, 2.24) is 4.90 Å². The van der Waals surface area contributed by atoms with Crippen LogP contribution in [-0.2, 0) is 0 Å². The summed E-state index contributed by atoms with van der Waals surface area (Å²) in [4.78, 5) is 2.67. The van der Waals surface area contributed by atoms with Gasteiger partial charge in [-0.1, -0.05) is 77.6 Å². The zero-order chi connectivity index (χ0) is 15.2. The van der Waals surface area contributed by atoms with Crippen molar-refractivity contribution in [3.8, 4) is 0 Å². The minimum Gasteiger partial charge on any atom is -0.299 e. The monoisotopic (exact) mass is 315 g/mol. The van der Waals surface area contributed by atoms with E-state index in [9.17, 15) is 0 Å². The van der Waals surface area contributed by atoms with Gasteiger partial charge in [0.25, 0.3) is 0 Å². The van der Waals surface area contributed by atoms with Gasteiger partial charge >= 0.3 is 0 Å². The molecule has 1 heterocycles. The lowest BCUT2D eigenvalue weighted by atomic mass is 10.1. The largest absolute Gasteiger partial charge is 0.299 e. The standard InChI is InChI=1S/C19H38ClN/c1-2-3-4-5-6-7-8-9-10-13-16-21-17-14-11-12-15-19(21)18-20/h19H,2-18H2,1H3. The Hall–Kier alpha value is 0.250. The molecule has 0 bridgehead atoms. The number of rotatable bonds is 12. The van der Waals surface area contributed by atoms with E-state index < -0.39 is 0 Å². The lowest BCUT2D eigenvalue weighted by Gasteiger charge is -2.28. The van der Waals surface area contributed by atoms with Crippen LogP contribution in [0.2, 0.25) is 0 Å². The molecule has 0 aromatic heterocycles. The summed E-state index contributed by atoms with van der Waals surface area (Å²) in [5, 5.41) is 0. The Kier molecular flexibility index (Phi) is 12.8. The van der Waals surface area contributed by atoms with Crippen LogP contribution in [0.5, 0.6) is 0 Å². The molecule has 1 aliphatic rings. The molecule has 0 amide bonds. The van der Waals surface area contributed by atoms with Crippen LogP contribution >= 0.6 is 11.6 Å². The van der Waals surface area contributed by atoms with Gasteiger partial charge in [-0.05, 0) is 32.4 Å². The molecule has 0 aromatic rings. The number of hydrogen-bond acceptors (Lipinski definition) is 1. The molecule has 0 saturated carbocycles. The van der Waals surface area contributed by atoms with E-state index in [1.807, 2.05) is 0 Å². The van der Waals surface area contributed by atoms with E-state index in [0.29, 0.717) is 6.04 Å². The molecule has 0 spiro atoms. The van der Waals surface area contributed by atoms with E-state index in [2.05, 4.69) is 11.8 Å². The SMILES string of the molecule is CCCCCCCCCCCCN1CCCCCC1CCl. The third-order valence-corrected chi connectivity index (χ3v) is 5.33. The molecule has 0 radical (unpaired) electrons. The lowest BCUT2D eigenvalue weighted by Crippen LogP contribution is -2.36. The summed E-state index contributed by atoms with van der Waals surface area (Å²) in [5.74, 6) is 0.831. The van der Waals surface area contributed by atoms with Gasteiger partial charge in [-0.25, -0.2) is 0 Å². The second-order valence-electron chi connectivity index (χ2n) is 6.88. The minimum absolute atomic E-state index is 0.660. The van der Waals surface area contributed by atoms with Crippen LogP contribution in [0.1, 0.15) is 96.8 Å². The molecule has 0 N–H and O–H groups in total. The van der Waals surface area contributed by atoms with Crippen molar-refractivity contribution in [3.63, 3.8) is 0 Å². The number of nitrogens with zero attached hydrogens (tertiary/aromatic N) is 1. The molecular weight excluding hydrogens is 278 g/mol. The number of alkyl halides is 1. The Morgan fingerprint density at radius 1 is 0.810 bits per heavy atom. The maximum atomic E-state index is 6.14. The van der Waals surface area contributed by atoms with Gasteiger partial charge in [0, 0.05) is 11.9 Å². The first-order chi connectivity index (χ1) is 10.4. The second-order valence-corrected chi connectivity index (χ2v) is 7.18. The number of hydrogen-bond donors (Lipinski definition) is 0. The summed E-state index contributed by atoms with van der Waals surface area (Å²) in [6.07, 6.45) is 19.8. The van der Waals surface area contributed by atoms with Crippen molar-refractivity contribution in [2.45, 2.75) is 103 Å². The predicted octanol–water partition coefficient (Wildman–Crippen LogP) is 6.39. The Labute approximate surface area is 138 Å². The average molecular weight is 316 g/mol. The van der Waals surface area contributed by atoms with Crippen molar-refractivity contribution in [2.24, 2.45) is 0 Å². The third kappa shape index (κ3) is 9.79. The number of likely N-dealkylation sites (tertiary alicyclic amines) is 1. The Balaban J connectivity index is 1.93. The molecule has 1 unspecified atom stereocenters. The zero-order valence-corrected chi connectivity index (χ0v) is 15.2. The molecule has 2 heteroatoms. The molecule has 1 aliphatic heterocycles. The van der Waals surface area contributed by atoms with Gasteiger partial charge in [-0.3, -0.25) is 4.90 Å². The van der Waals surface area contributed by atoms with Gasteiger partial charge < -0.3 is 0 Å². The third-order valence-electron chi connectivity index (χ3n) is 4.98. The van der Waals surface area contributed by atoms with Crippen molar-refractivity contribution >= 4 is 11.6 Å². The van der Waals surface area contributed by atoms with Gasteiger partial charge in [-0.2, -0.15) is 0 Å². The van der Waals surface area contributed by atoms with Crippen LogP contribution in [0, 0.1) is 0 Å². The molecule has 1 rings (SSSR count). The Morgan fingerprint density at radius 2 is 1.43 bits per heavy atom. The van der Waals surface area contributed by atoms with Crippen LogP contribution in [0.25, 0.3) is 0 Å². The van der Waals surface area contributed by atoms with Gasteiger partial charge in [-0.15, -0.1) is 11.6 Å². The molecule has 1 saturated heterocycles. The van der Waals surface area contributed by atoms with Crippen molar-refractivity contribution < 1.29 is 0 Å². The van der Waals surface area contributed by atoms with Crippen molar-refractivity contribution in [3.05, 3.63) is 0 Å². The maximum absolute atomic E-state index is 6.14. The smallest absolute Gasteiger partial charge is 0.0379 e. The number of halogens is 1. The summed E-state index contributed by atoms with van der Waals surface area (Å²) in [5.41, 5.74) is 0. The van der Waals surface area contributed by atoms with E-state index in [0.717, 1.165) is 5.88 Å². The minimum atomic E-state index is 0.660. The summed E-state index contributed by atoms with van der Waals surface area (Å²) >= 11 is 6.14. The molecular formula is C19H38ClN. The van der Waals surface area contributed by atoms with Crippen LogP contribution in [0.15, 0.2) is 0 Å². The van der Waals surface area contributed by atoms with Crippen molar-refractivity contribution in [2.75, 3.05) is 19.0 Å². The van der Waals surface area contributed by atoms with Gasteiger partial charge in [0.2, 0.25) is 0 Å². The summed E-state index contributed by atoms with van der Waals surface area (Å²) < 4.78 is 0. The van der Waals surface area contributed by atoms with E-state index in [4.69, 9.17) is 11.6 Å². The Bertz CT molecular complexity index is 220. The van der Waals surface area contributed by atoms with E-state index in [-0.39, 0.29) is 0 Å². The van der Waals surface area contributed by atoms with Gasteiger partial charge in [0.15, 0.2) is 0 Å². The first-order valence-corrected chi connectivity index (χ1v) is 10.2. The predicted molar refractivity (Wildman–Crippen MR) is 96.4 cm³/mol. The maximum Gasteiger partial charge on any atom is 0.0379 e. The van der Waals surface area contributed by atoms with Gasteiger partial charge in [0.1, 0.15) is 0 Å². The van der Waals surface area contributed by atoms with Crippen molar-refractivity contribution in [1.29, 1.82) is 0 Å². The first kappa shape index (κ1) is 19.3. The summed E-state index contributed by atoms with van der Waals surface area (Å²) in [6.45, 7) is 4.86. The molecule has 126 valence electrons. The first-order valence-electron chi connectivity index (χ1n) is 9.68. The van der Waals surface area contributed by atoms with E-state index in [1.54, 1.807) is 0 Å². The van der Waals surface area contributed by atoms with Crippen LogP contribution in [-0.4, -0.2) is 29.9 Å². The second kappa shape index (κ2) is 13.9. The fourth-order valence-corrected chi connectivity index (χ4v) is 3.86. The summed E-state index contributed by atoms with van der Waals surface area (Å²) in [7, 11) is 0. The molecule has 0 aromatic carbocycles. The van der Waals surface area contributed by atoms with Crippen LogP contribution < -0.4 is 0 Å². The van der Waals surface area contributed by atoms with Gasteiger partial charge in [0.05, 0.1) is 0 Å². The van der Waals surface area contributed by atoms with E-state index in [1.165, 1.54) is 103 Å². The molecule has 1 fully saturated rings. The number of unbranched alkanes of at least 4 members (excludes halogenated alkanes) is 9. The topological polar surface area (TPSA) is 3.24 Å². The zero-order valence-electron chi connectivity index (χ0n) is 14.4. The quantitative estimate of drug-likeness (QED) is 0.298. The fourth-order valence-electron chi connectivity index (χ4n) is 3.51. The Morgan fingerprint density at radius 3 is 2.05 bits per heavy atom. The highest BCUT2D eigenvalue weighted by atomic mass is 35.5. The summed E-state index contributed by atoms with van der Waals surface area (Å²) in [6, 6.07) is 0.660. The molecule has 0 aliphatic carbocycles. The lowest BCUT2D eigenvalue weighted by molar-refractivity contribution is 0.211. The van der Waals surface area contributed by atoms with Crippen LogP contribution in [0.4, 0.5) is 0 Å². The highest BCUT2D eigenvalue weighted by Crippen LogP contribution is 2.19. The normalized spacial score (nSPS) is 20.6. The average Bonchev–Trinajstić information content (AvgIpc) is 2.74. The molecule has 1 nitrogen and oxygen atoms in total. The van der Waals surface area contributed by atoms with E-state index >= 15 is 0 Å². The highest BCUT2D eigenvalue weighted by Gasteiger charge is 2.19.